The summed E-state index contributed by atoms with van der Waals surface area (Å²) < 4.78 is 0. The number of hydrogen-bond donors (Lipinski definition) is 0. The summed E-state index contributed by atoms with van der Waals surface area (Å²) in [6.45, 7) is 2.56. The Bertz CT molecular complexity index is 621. The van der Waals surface area contributed by atoms with Crippen molar-refractivity contribution in [1.29, 1.82) is 0 Å². The molecule has 0 aromatic carbocycles. The van der Waals surface area contributed by atoms with E-state index in [1.54, 1.807) is 30.4 Å². The average Bonchev–Trinajstić information content (AvgIpc) is 2.71. The molecule has 6 nitrogen and oxygen atoms in total. The first-order valence-corrected chi connectivity index (χ1v) is 7.45. The summed E-state index contributed by atoms with van der Waals surface area (Å²) in [6, 6.07) is 3.63. The summed E-state index contributed by atoms with van der Waals surface area (Å²) >= 11 is 0. The fourth-order valence-corrected chi connectivity index (χ4v) is 3.72. The van der Waals surface area contributed by atoms with Crippen LogP contribution in [-0.4, -0.2) is 52.6 Å². The summed E-state index contributed by atoms with van der Waals surface area (Å²) in [4.78, 5) is 43.9. The van der Waals surface area contributed by atoms with E-state index in [-0.39, 0.29) is 17.7 Å². The fourth-order valence-electron chi connectivity index (χ4n) is 3.72. The zero-order valence-electron chi connectivity index (χ0n) is 12.8. The summed E-state index contributed by atoms with van der Waals surface area (Å²) in [6.07, 6.45) is 4.34. The van der Waals surface area contributed by atoms with Crippen molar-refractivity contribution >= 4 is 17.7 Å². The van der Waals surface area contributed by atoms with Crippen molar-refractivity contribution in [2.45, 2.75) is 25.7 Å². The average molecular weight is 301 g/mol. The van der Waals surface area contributed by atoms with Crippen LogP contribution in [0.25, 0.3) is 0 Å². The molecule has 2 fully saturated rings. The van der Waals surface area contributed by atoms with Gasteiger partial charge in [0.15, 0.2) is 0 Å². The number of carbonyl (C=O) groups is 3. The maximum Gasteiger partial charge on any atom is 0.237 e. The summed E-state index contributed by atoms with van der Waals surface area (Å²) in [5.74, 6) is -0.783. The molecule has 1 spiro atoms. The van der Waals surface area contributed by atoms with E-state index >= 15 is 0 Å². The molecule has 1 atom stereocenters. The summed E-state index contributed by atoms with van der Waals surface area (Å²) in [5.41, 5.74) is 0.0438. The van der Waals surface area contributed by atoms with Gasteiger partial charge in [0.2, 0.25) is 17.7 Å². The van der Waals surface area contributed by atoms with E-state index in [0.29, 0.717) is 25.9 Å². The van der Waals surface area contributed by atoms with E-state index in [0.717, 1.165) is 5.56 Å². The van der Waals surface area contributed by atoms with Crippen molar-refractivity contribution in [2.75, 3.05) is 20.1 Å². The van der Waals surface area contributed by atoms with Crippen LogP contribution in [0.5, 0.6) is 0 Å². The van der Waals surface area contributed by atoms with E-state index in [2.05, 4.69) is 4.98 Å². The molecule has 1 aromatic heterocycles. The second kappa shape index (κ2) is 5.19. The lowest BCUT2D eigenvalue weighted by Crippen LogP contribution is -2.47. The lowest BCUT2D eigenvalue weighted by Gasteiger charge is -2.39. The second-order valence-electron chi connectivity index (χ2n) is 6.08. The maximum atomic E-state index is 12.7. The largest absolute Gasteiger partial charge is 0.343 e. The molecule has 22 heavy (non-hydrogen) atoms. The molecule has 2 aliphatic rings. The minimum absolute atomic E-state index is 0.0119. The van der Waals surface area contributed by atoms with Crippen molar-refractivity contribution < 1.29 is 14.4 Å². The molecular weight excluding hydrogens is 282 g/mol. The lowest BCUT2D eigenvalue weighted by atomic mass is 9.68. The third-order valence-electron chi connectivity index (χ3n) is 4.98. The van der Waals surface area contributed by atoms with Crippen LogP contribution in [0.15, 0.2) is 24.5 Å². The molecule has 2 aliphatic heterocycles. The number of likely N-dealkylation sites (tertiary alicyclic amines) is 2. The number of amides is 3. The topological polar surface area (TPSA) is 70.6 Å². The molecule has 3 rings (SSSR count). The first-order chi connectivity index (χ1) is 10.5. The number of nitrogens with zero attached hydrogens (tertiary/aromatic N) is 3. The number of carbonyl (C=O) groups excluding carboxylic acids is 3. The summed E-state index contributed by atoms with van der Waals surface area (Å²) in [7, 11) is 1.54. The molecule has 0 saturated carbocycles. The standard InChI is InChI=1S/C16H19N3O3/c1-11(20)19-8-5-16(6-9-19)13(12-4-3-7-17-10-12)14(21)18(2)15(16)22/h3-4,7,10,13H,5-6,8-9H2,1-2H3. The zero-order valence-corrected chi connectivity index (χ0v) is 12.8. The number of rotatable bonds is 1. The third kappa shape index (κ3) is 2.01. The highest BCUT2D eigenvalue weighted by atomic mass is 16.2. The minimum atomic E-state index is -0.735. The maximum absolute atomic E-state index is 12.7. The SMILES string of the molecule is CC(=O)N1CCC2(CC1)C(=O)N(C)C(=O)C2c1cccnc1. The Labute approximate surface area is 129 Å². The molecule has 0 aliphatic carbocycles. The fraction of sp³-hybridized carbons (Fsp3) is 0.500. The number of imide groups is 1. The number of pyridine rings is 1. The molecule has 2 saturated heterocycles. The molecule has 0 N–H and O–H groups in total. The Morgan fingerprint density at radius 2 is 2.00 bits per heavy atom. The van der Waals surface area contributed by atoms with E-state index in [1.807, 2.05) is 6.07 Å². The van der Waals surface area contributed by atoms with Crippen molar-refractivity contribution in [1.82, 2.24) is 14.8 Å². The Kier molecular flexibility index (Phi) is 3.47. The first-order valence-electron chi connectivity index (χ1n) is 7.45. The van der Waals surface area contributed by atoms with E-state index in [4.69, 9.17) is 0 Å². The van der Waals surface area contributed by atoms with Crippen LogP contribution in [0.4, 0.5) is 0 Å². The molecule has 1 unspecified atom stereocenters. The van der Waals surface area contributed by atoms with Gasteiger partial charge < -0.3 is 4.90 Å². The Balaban J connectivity index is 1.98. The van der Waals surface area contributed by atoms with E-state index in [1.165, 1.54) is 11.8 Å². The molecule has 6 heteroatoms. The van der Waals surface area contributed by atoms with Gasteiger partial charge in [0, 0.05) is 39.5 Å². The molecule has 1 aromatic rings. The van der Waals surface area contributed by atoms with Gasteiger partial charge in [-0.25, -0.2) is 0 Å². The highest BCUT2D eigenvalue weighted by Crippen LogP contribution is 2.50. The Morgan fingerprint density at radius 3 is 2.55 bits per heavy atom. The van der Waals surface area contributed by atoms with Crippen molar-refractivity contribution in [2.24, 2.45) is 5.41 Å². The van der Waals surface area contributed by atoms with Crippen molar-refractivity contribution in [3.05, 3.63) is 30.1 Å². The van der Waals surface area contributed by atoms with Gasteiger partial charge in [0.25, 0.3) is 0 Å². The van der Waals surface area contributed by atoms with Gasteiger partial charge >= 0.3 is 0 Å². The first kappa shape index (κ1) is 14.7. The highest BCUT2D eigenvalue weighted by Gasteiger charge is 2.59. The number of hydrogen-bond acceptors (Lipinski definition) is 4. The number of aromatic nitrogens is 1. The predicted octanol–water partition coefficient (Wildman–Crippen LogP) is 0.792. The van der Waals surface area contributed by atoms with Gasteiger partial charge in [0.05, 0.1) is 11.3 Å². The van der Waals surface area contributed by atoms with Crippen LogP contribution in [0.2, 0.25) is 0 Å². The second-order valence-corrected chi connectivity index (χ2v) is 6.08. The van der Waals surface area contributed by atoms with Gasteiger partial charge in [-0.1, -0.05) is 6.07 Å². The Morgan fingerprint density at radius 1 is 1.32 bits per heavy atom. The Hall–Kier alpha value is -2.24. The molecule has 0 radical (unpaired) electrons. The van der Waals surface area contributed by atoms with Crippen LogP contribution in [0.3, 0.4) is 0 Å². The molecule has 116 valence electrons. The third-order valence-corrected chi connectivity index (χ3v) is 4.98. The van der Waals surface area contributed by atoms with Crippen LogP contribution < -0.4 is 0 Å². The normalized spacial score (nSPS) is 24.2. The smallest absolute Gasteiger partial charge is 0.237 e. The van der Waals surface area contributed by atoms with Crippen LogP contribution in [-0.2, 0) is 14.4 Å². The van der Waals surface area contributed by atoms with Gasteiger partial charge in [-0.15, -0.1) is 0 Å². The molecular formula is C16H19N3O3. The highest BCUT2D eigenvalue weighted by molar-refractivity contribution is 6.09. The molecule has 3 heterocycles. The zero-order chi connectivity index (χ0) is 15.9. The summed E-state index contributed by atoms with van der Waals surface area (Å²) in [5, 5.41) is 0. The molecule has 0 bridgehead atoms. The predicted molar refractivity (Wildman–Crippen MR) is 78.7 cm³/mol. The lowest BCUT2D eigenvalue weighted by molar-refractivity contribution is -0.143. The van der Waals surface area contributed by atoms with Crippen molar-refractivity contribution in [3.63, 3.8) is 0 Å². The van der Waals surface area contributed by atoms with Crippen LogP contribution in [0, 0.1) is 5.41 Å². The van der Waals surface area contributed by atoms with Gasteiger partial charge in [-0.3, -0.25) is 24.3 Å². The van der Waals surface area contributed by atoms with E-state index in [9.17, 15) is 14.4 Å². The van der Waals surface area contributed by atoms with E-state index < -0.39 is 11.3 Å². The molecule has 3 amide bonds. The number of likely N-dealkylation sites (N-methyl/N-ethyl adjacent to an activating group) is 1. The van der Waals surface area contributed by atoms with Gasteiger partial charge in [-0.2, -0.15) is 0 Å². The van der Waals surface area contributed by atoms with Crippen molar-refractivity contribution in [3.8, 4) is 0 Å². The quantitative estimate of drug-likeness (QED) is 0.719. The minimum Gasteiger partial charge on any atom is -0.343 e. The monoisotopic (exact) mass is 301 g/mol. The van der Waals surface area contributed by atoms with Crippen LogP contribution >= 0.6 is 0 Å². The van der Waals surface area contributed by atoms with Gasteiger partial charge in [-0.05, 0) is 24.5 Å². The van der Waals surface area contributed by atoms with Gasteiger partial charge in [0.1, 0.15) is 0 Å². The van der Waals surface area contributed by atoms with Crippen LogP contribution in [0.1, 0.15) is 31.2 Å². The number of piperidine rings is 1.